The van der Waals surface area contributed by atoms with Crippen LogP contribution in [0.3, 0.4) is 0 Å². The molecule has 1 aliphatic carbocycles. The molecule has 3 aromatic rings. The molecule has 1 amide bonds. The Hall–Kier alpha value is -2.83. The SMILES string of the molecule is CONC(=O)[C@H]1[C@@H](O)[C@@]2(O)c3c(OC)c(Br)c(OC)c(Br)c3O[C@@]2(c2ccc(OC)cc2)[C@@H]1c1ccccc1. The summed E-state index contributed by atoms with van der Waals surface area (Å²) in [5.41, 5.74) is -0.209. The van der Waals surface area contributed by atoms with E-state index >= 15 is 0 Å². The van der Waals surface area contributed by atoms with E-state index in [-0.39, 0.29) is 17.1 Å². The van der Waals surface area contributed by atoms with E-state index in [2.05, 4.69) is 37.3 Å². The number of hydrogen-bond donors (Lipinski definition) is 3. The smallest absolute Gasteiger partial charge is 0.250 e. The van der Waals surface area contributed by atoms with Crippen LogP contribution in [-0.4, -0.2) is 50.7 Å². The zero-order valence-corrected chi connectivity index (χ0v) is 24.7. The molecule has 1 fully saturated rings. The maximum absolute atomic E-state index is 13.5. The van der Waals surface area contributed by atoms with Crippen molar-refractivity contribution in [2.24, 2.45) is 5.92 Å². The van der Waals surface area contributed by atoms with Crippen molar-refractivity contribution >= 4 is 37.8 Å². The molecule has 3 N–H and O–H groups in total. The van der Waals surface area contributed by atoms with E-state index in [9.17, 15) is 15.0 Å². The van der Waals surface area contributed by atoms with Gasteiger partial charge in [-0.2, -0.15) is 0 Å². The predicted molar refractivity (Wildman–Crippen MR) is 148 cm³/mol. The van der Waals surface area contributed by atoms with Crippen LogP contribution in [0, 0.1) is 5.92 Å². The van der Waals surface area contributed by atoms with Gasteiger partial charge < -0.3 is 29.2 Å². The molecule has 0 spiro atoms. The zero-order valence-electron chi connectivity index (χ0n) is 21.5. The van der Waals surface area contributed by atoms with Gasteiger partial charge in [0, 0.05) is 5.92 Å². The van der Waals surface area contributed by atoms with Gasteiger partial charge in [0.25, 0.3) is 0 Å². The number of hydrogen-bond acceptors (Lipinski definition) is 8. The van der Waals surface area contributed by atoms with Gasteiger partial charge in [-0.25, -0.2) is 5.48 Å². The van der Waals surface area contributed by atoms with E-state index < -0.39 is 35.0 Å². The topological polar surface area (TPSA) is 116 Å². The van der Waals surface area contributed by atoms with Crippen molar-refractivity contribution < 1.29 is 38.8 Å². The number of benzene rings is 3. The molecule has 11 heteroatoms. The average molecular weight is 665 g/mol. The first kappa shape index (κ1) is 27.7. The summed E-state index contributed by atoms with van der Waals surface area (Å²) in [6.45, 7) is 0. The molecule has 39 heavy (non-hydrogen) atoms. The van der Waals surface area contributed by atoms with Crippen molar-refractivity contribution in [3.05, 3.63) is 80.2 Å². The molecule has 1 saturated carbocycles. The number of aliphatic hydroxyl groups is 2. The molecule has 1 aliphatic heterocycles. The highest BCUT2D eigenvalue weighted by atomic mass is 79.9. The standard InChI is InChI=1S/C28H27Br2NO8/c1-35-16-12-10-15(11-13-16)28-18(14-8-6-5-7-9-14)17(26(33)31-38-4)25(32)27(28,34)19-22(36-2)20(29)24(37-3)21(30)23(19)39-28/h5-13,17-18,25,32,34H,1-4H3,(H,31,33)/t17-,18-,25-,27+,28+/m1/s1. The van der Waals surface area contributed by atoms with Gasteiger partial charge in [-0.3, -0.25) is 9.63 Å². The van der Waals surface area contributed by atoms with Crippen LogP contribution in [0.25, 0.3) is 0 Å². The second-order valence-corrected chi connectivity index (χ2v) is 10.8. The average Bonchev–Trinajstić information content (AvgIpc) is 3.33. The molecular formula is C28H27Br2NO8. The first-order valence-corrected chi connectivity index (χ1v) is 13.6. The first-order valence-electron chi connectivity index (χ1n) is 12.0. The number of carbonyl (C=O) groups is 1. The zero-order chi connectivity index (χ0) is 28.1. The highest BCUT2D eigenvalue weighted by Gasteiger charge is 2.78. The lowest BCUT2D eigenvalue weighted by atomic mass is 9.70. The van der Waals surface area contributed by atoms with E-state index in [1.165, 1.54) is 21.3 Å². The number of carbonyl (C=O) groups excluding carboxylic acids is 1. The molecule has 0 unspecified atom stereocenters. The molecule has 5 rings (SSSR count). The van der Waals surface area contributed by atoms with Gasteiger partial charge in [0.2, 0.25) is 5.91 Å². The van der Waals surface area contributed by atoms with Crippen molar-refractivity contribution in [3.63, 3.8) is 0 Å². The number of amides is 1. The Bertz CT molecular complexity index is 1400. The summed E-state index contributed by atoms with van der Waals surface area (Å²) >= 11 is 7.10. The lowest BCUT2D eigenvalue weighted by molar-refractivity contribution is -0.157. The fraction of sp³-hybridized carbons (Fsp3) is 0.321. The maximum atomic E-state index is 13.5. The Labute approximate surface area is 242 Å². The molecule has 206 valence electrons. The number of nitrogens with one attached hydrogen (secondary N) is 1. The lowest BCUT2D eigenvalue weighted by Gasteiger charge is -2.40. The molecule has 9 nitrogen and oxygen atoms in total. The van der Waals surface area contributed by atoms with Crippen LogP contribution in [0.4, 0.5) is 0 Å². The fourth-order valence-electron chi connectivity index (χ4n) is 6.09. The molecule has 0 saturated heterocycles. The van der Waals surface area contributed by atoms with Crippen molar-refractivity contribution in [1.29, 1.82) is 0 Å². The predicted octanol–water partition coefficient (Wildman–Crippen LogP) is 4.17. The largest absolute Gasteiger partial charge is 0.497 e. The third-order valence-electron chi connectivity index (χ3n) is 7.62. The molecular weight excluding hydrogens is 638 g/mol. The third-order valence-corrected chi connectivity index (χ3v) is 9.06. The lowest BCUT2D eigenvalue weighted by Crippen LogP contribution is -2.52. The van der Waals surface area contributed by atoms with Gasteiger partial charge in [-0.1, -0.05) is 42.5 Å². The van der Waals surface area contributed by atoms with Gasteiger partial charge in [-0.05, 0) is 55.1 Å². The monoisotopic (exact) mass is 663 g/mol. The molecule has 3 aromatic carbocycles. The maximum Gasteiger partial charge on any atom is 0.250 e. The van der Waals surface area contributed by atoms with Gasteiger partial charge in [0.05, 0.1) is 39.9 Å². The summed E-state index contributed by atoms with van der Waals surface area (Å²) in [7, 11) is 5.79. The number of halogens is 2. The van der Waals surface area contributed by atoms with Crippen LogP contribution in [0.1, 0.15) is 22.6 Å². The summed E-state index contributed by atoms with van der Waals surface area (Å²) in [6, 6.07) is 16.1. The van der Waals surface area contributed by atoms with Crippen LogP contribution in [0.5, 0.6) is 23.0 Å². The number of rotatable bonds is 7. The Kier molecular flexibility index (Phi) is 7.32. The second kappa shape index (κ2) is 10.3. The van der Waals surface area contributed by atoms with E-state index in [1.807, 2.05) is 30.3 Å². The van der Waals surface area contributed by atoms with Crippen molar-refractivity contribution in [1.82, 2.24) is 5.48 Å². The van der Waals surface area contributed by atoms with E-state index in [0.29, 0.717) is 31.6 Å². The number of ether oxygens (including phenoxy) is 4. The number of aliphatic hydroxyl groups excluding tert-OH is 1. The van der Waals surface area contributed by atoms with Crippen LogP contribution in [0.2, 0.25) is 0 Å². The normalized spacial score (nSPS) is 26.8. The molecule has 0 aromatic heterocycles. The van der Waals surface area contributed by atoms with Crippen molar-refractivity contribution in [2.45, 2.75) is 23.2 Å². The molecule has 0 radical (unpaired) electrons. The molecule has 5 atom stereocenters. The van der Waals surface area contributed by atoms with Gasteiger partial charge in [0.15, 0.2) is 17.0 Å². The summed E-state index contributed by atoms with van der Waals surface area (Å²) in [6.07, 6.45) is -1.66. The molecule has 2 aliphatic rings. The van der Waals surface area contributed by atoms with Crippen LogP contribution >= 0.6 is 31.9 Å². The quantitative estimate of drug-likeness (QED) is 0.323. The van der Waals surface area contributed by atoms with Gasteiger partial charge in [0.1, 0.15) is 32.3 Å². The number of fused-ring (bicyclic) bond motifs is 3. The Morgan fingerprint density at radius 2 is 1.56 bits per heavy atom. The van der Waals surface area contributed by atoms with E-state index in [1.54, 1.807) is 31.4 Å². The summed E-state index contributed by atoms with van der Waals surface area (Å²) in [4.78, 5) is 18.5. The Balaban J connectivity index is 1.92. The van der Waals surface area contributed by atoms with Crippen LogP contribution < -0.4 is 24.4 Å². The fourth-order valence-corrected chi connectivity index (χ4v) is 7.71. The Morgan fingerprint density at radius 3 is 2.13 bits per heavy atom. The van der Waals surface area contributed by atoms with Crippen LogP contribution in [0.15, 0.2) is 63.5 Å². The minimum absolute atomic E-state index is 0.168. The molecule has 0 bridgehead atoms. The van der Waals surface area contributed by atoms with Gasteiger partial charge >= 0.3 is 0 Å². The first-order chi connectivity index (χ1) is 18.7. The summed E-state index contributed by atoms with van der Waals surface area (Å²) < 4.78 is 24.4. The molecule has 1 heterocycles. The highest BCUT2D eigenvalue weighted by Crippen LogP contribution is 2.72. The second-order valence-electron chi connectivity index (χ2n) is 9.26. The number of hydroxylamine groups is 1. The third kappa shape index (κ3) is 3.71. The highest BCUT2D eigenvalue weighted by molar-refractivity contribution is 9.11. The van der Waals surface area contributed by atoms with Crippen molar-refractivity contribution in [2.75, 3.05) is 28.4 Å². The minimum Gasteiger partial charge on any atom is -0.497 e. The summed E-state index contributed by atoms with van der Waals surface area (Å²) in [5, 5.41) is 25.0. The van der Waals surface area contributed by atoms with Crippen LogP contribution in [-0.2, 0) is 20.8 Å². The Morgan fingerprint density at radius 1 is 0.923 bits per heavy atom. The number of methoxy groups -OCH3 is 3. The van der Waals surface area contributed by atoms with Crippen molar-refractivity contribution in [3.8, 4) is 23.0 Å². The van der Waals surface area contributed by atoms with Gasteiger partial charge in [-0.15, -0.1) is 0 Å². The minimum atomic E-state index is -2.18. The summed E-state index contributed by atoms with van der Waals surface area (Å²) in [5.74, 6) is -1.34. The van der Waals surface area contributed by atoms with E-state index in [4.69, 9.17) is 23.8 Å². The van der Waals surface area contributed by atoms with E-state index in [0.717, 1.165) is 0 Å².